The van der Waals surface area contributed by atoms with Gasteiger partial charge in [-0.1, -0.05) is 104 Å². The molecule has 0 saturated carbocycles. The van der Waals surface area contributed by atoms with Crippen molar-refractivity contribution in [2.45, 2.75) is 206 Å². The first kappa shape index (κ1) is 51.1. The van der Waals surface area contributed by atoms with Crippen LogP contribution in [0.15, 0.2) is 0 Å². The largest absolute Gasteiger partial charge is 0.457 e. The van der Waals surface area contributed by atoms with Gasteiger partial charge in [0.25, 0.3) is 3.79 Å². The van der Waals surface area contributed by atoms with Gasteiger partial charge in [0, 0.05) is 44.4 Å². The highest BCUT2D eigenvalue weighted by Crippen LogP contribution is 2.43. The lowest BCUT2D eigenvalue weighted by Crippen LogP contribution is -2.63. The van der Waals surface area contributed by atoms with Crippen molar-refractivity contribution in [3.63, 3.8) is 0 Å². The van der Waals surface area contributed by atoms with E-state index in [9.17, 15) is 14.4 Å². The van der Waals surface area contributed by atoms with Gasteiger partial charge in [0.05, 0.1) is 42.7 Å². The molecular formula is C42H68Cl3NO14. The van der Waals surface area contributed by atoms with Crippen LogP contribution in [0.4, 0.5) is 0 Å². The fourth-order valence-corrected chi connectivity index (χ4v) is 9.12. The highest BCUT2D eigenvalue weighted by atomic mass is 35.6. The lowest BCUT2D eigenvalue weighted by molar-refractivity contribution is -0.371. The first-order valence-electron chi connectivity index (χ1n) is 21.5. The fourth-order valence-electron chi connectivity index (χ4n) is 8.98. The van der Waals surface area contributed by atoms with Crippen molar-refractivity contribution in [1.82, 2.24) is 0 Å². The monoisotopic (exact) mass is 915 g/mol. The van der Waals surface area contributed by atoms with Crippen molar-refractivity contribution in [2.24, 2.45) is 35.5 Å². The number of alkyl halides is 3. The van der Waals surface area contributed by atoms with Gasteiger partial charge in [-0.25, -0.2) is 0 Å². The maximum Gasteiger partial charge on any atom is 0.303 e. The smallest absolute Gasteiger partial charge is 0.303 e. The lowest BCUT2D eigenvalue weighted by atomic mass is 9.82. The molecule has 4 saturated heterocycles. The normalized spacial score (nSPS) is 42.5. The predicted octanol–water partition coefficient (Wildman–Crippen LogP) is 7.66. The highest BCUT2D eigenvalue weighted by Gasteiger charge is 2.55. The first-order chi connectivity index (χ1) is 28.1. The van der Waals surface area contributed by atoms with Crippen molar-refractivity contribution < 1.29 is 66.5 Å². The number of hydrogen-bond donors (Lipinski definition) is 1. The van der Waals surface area contributed by atoms with Crippen LogP contribution >= 0.6 is 34.8 Å². The second-order valence-electron chi connectivity index (χ2n) is 16.9. The van der Waals surface area contributed by atoms with Gasteiger partial charge < -0.3 is 52.1 Å². The Bertz CT molecular complexity index is 1450. The van der Waals surface area contributed by atoms with Crippen LogP contribution in [0.2, 0.25) is 0 Å². The van der Waals surface area contributed by atoms with Gasteiger partial charge in [-0.05, 0) is 37.5 Å². The number of rotatable bonds is 14. The van der Waals surface area contributed by atoms with Crippen molar-refractivity contribution in [3.05, 3.63) is 0 Å². The predicted molar refractivity (Wildman–Crippen MR) is 221 cm³/mol. The molecule has 20 atom stereocenters. The molecule has 15 nitrogen and oxygen atoms in total. The van der Waals surface area contributed by atoms with E-state index in [1.54, 1.807) is 0 Å². The van der Waals surface area contributed by atoms with Crippen LogP contribution in [0.25, 0.3) is 0 Å². The summed E-state index contributed by atoms with van der Waals surface area (Å²) in [5.74, 6) is -3.50. The van der Waals surface area contributed by atoms with Gasteiger partial charge in [0.15, 0.2) is 37.2 Å². The Morgan fingerprint density at radius 3 is 1.08 bits per heavy atom. The Hall–Kier alpha value is -1.53. The molecule has 4 aliphatic rings. The Morgan fingerprint density at radius 1 is 0.450 bits per heavy atom. The van der Waals surface area contributed by atoms with Crippen molar-refractivity contribution >= 4 is 58.6 Å². The molecule has 0 aromatic rings. The summed E-state index contributed by atoms with van der Waals surface area (Å²) in [5, 5.41) is 8.10. The Labute approximate surface area is 370 Å². The zero-order valence-corrected chi connectivity index (χ0v) is 39.5. The number of halogens is 3. The van der Waals surface area contributed by atoms with E-state index >= 15 is 0 Å². The summed E-state index contributed by atoms with van der Waals surface area (Å²) >= 11 is 17.7. The highest BCUT2D eigenvalue weighted by molar-refractivity contribution is 6.76. The third-order valence-electron chi connectivity index (χ3n) is 12.8. The summed E-state index contributed by atoms with van der Waals surface area (Å²) in [6.07, 6.45) is -7.76. The van der Waals surface area contributed by atoms with Gasteiger partial charge in [-0.3, -0.25) is 19.8 Å². The molecule has 4 heterocycles. The minimum absolute atomic E-state index is 0.0551. The number of carbonyl (C=O) groups is 3. The Morgan fingerprint density at radius 2 is 0.750 bits per heavy atom. The van der Waals surface area contributed by atoms with E-state index in [4.69, 9.17) is 92.3 Å². The molecule has 0 spiro atoms. The first-order valence-corrected chi connectivity index (χ1v) is 22.6. The van der Waals surface area contributed by atoms with Crippen LogP contribution in [0, 0.1) is 40.9 Å². The molecule has 60 heavy (non-hydrogen) atoms. The van der Waals surface area contributed by atoms with Crippen LogP contribution in [-0.2, 0) is 66.5 Å². The molecule has 9 unspecified atom stereocenters. The van der Waals surface area contributed by atoms with E-state index < -0.39 is 120 Å². The fraction of sp³-hybridized carbons (Fsp3) is 0.905. The van der Waals surface area contributed by atoms with Gasteiger partial charge >= 0.3 is 17.9 Å². The molecule has 346 valence electrons. The summed E-state index contributed by atoms with van der Waals surface area (Å²) in [6.45, 7) is 23.7. The van der Waals surface area contributed by atoms with Crippen LogP contribution in [0.1, 0.15) is 116 Å². The van der Waals surface area contributed by atoms with E-state index in [0.29, 0.717) is 19.3 Å². The van der Waals surface area contributed by atoms with E-state index in [-0.39, 0.29) is 29.8 Å². The van der Waals surface area contributed by atoms with Gasteiger partial charge in [0.2, 0.25) is 12.2 Å². The molecule has 0 aromatic carbocycles. The minimum atomic E-state index is -2.06. The summed E-state index contributed by atoms with van der Waals surface area (Å²) in [7, 11) is 0. The van der Waals surface area contributed by atoms with Gasteiger partial charge in [-0.15, -0.1) is 0 Å². The molecule has 0 amide bonds. The number of nitrogens with one attached hydrogen (secondary N) is 1. The van der Waals surface area contributed by atoms with Gasteiger partial charge in [-0.2, -0.15) is 0 Å². The van der Waals surface area contributed by atoms with Crippen molar-refractivity contribution in [1.29, 1.82) is 5.41 Å². The zero-order chi connectivity index (χ0) is 45.0. The Kier molecular flexibility index (Phi) is 18.7. The summed E-state index contributed by atoms with van der Waals surface area (Å²) < 4.78 is 67.6. The average Bonchev–Trinajstić information content (AvgIpc) is 3.17. The second-order valence-corrected chi connectivity index (χ2v) is 19.2. The summed E-state index contributed by atoms with van der Waals surface area (Å²) in [5.41, 5.74) is 0. The topological polar surface area (TPSA) is 177 Å². The molecule has 0 aliphatic carbocycles. The lowest BCUT2D eigenvalue weighted by Gasteiger charge is -2.51. The van der Waals surface area contributed by atoms with E-state index in [1.165, 1.54) is 20.8 Å². The number of ether oxygens (including phenoxy) is 11. The van der Waals surface area contributed by atoms with E-state index in [2.05, 4.69) is 6.92 Å². The molecule has 1 N–H and O–H groups in total. The van der Waals surface area contributed by atoms with Crippen LogP contribution < -0.4 is 0 Å². The molecule has 4 fully saturated rings. The summed E-state index contributed by atoms with van der Waals surface area (Å²) in [4.78, 5) is 37.6. The van der Waals surface area contributed by atoms with Crippen LogP contribution in [0.5, 0.6) is 0 Å². The summed E-state index contributed by atoms with van der Waals surface area (Å²) in [6, 6.07) is 0. The maximum absolute atomic E-state index is 12.7. The van der Waals surface area contributed by atoms with E-state index in [1.807, 2.05) is 62.3 Å². The molecule has 4 aliphatic heterocycles. The number of carbonyl (C=O) groups excluding carboxylic acids is 3. The maximum atomic E-state index is 12.7. The third-order valence-corrected chi connectivity index (χ3v) is 13.3. The number of hydrogen-bond acceptors (Lipinski definition) is 15. The van der Waals surface area contributed by atoms with Crippen LogP contribution in [-0.4, -0.2) is 114 Å². The Balaban J connectivity index is 1.59. The minimum Gasteiger partial charge on any atom is -0.457 e. The molecule has 0 bridgehead atoms. The molecule has 0 radical (unpaired) electrons. The van der Waals surface area contributed by atoms with Crippen molar-refractivity contribution in [2.75, 3.05) is 0 Å². The van der Waals surface area contributed by atoms with Gasteiger partial charge in [0.1, 0.15) is 0 Å². The molecule has 18 heteroatoms. The molecular weight excluding hydrogens is 849 g/mol. The third kappa shape index (κ3) is 12.0. The second kappa shape index (κ2) is 21.9. The SMILES string of the molecule is CCC1O[C@@H](O[C@@H]2C(CC)O[C@@H](O[C@@H]3C(CC)O[C@@H](O[C@@H]4C(CC)OC(OC(=N)C(Cl)(Cl)Cl)C(C)[C@H]4C)C(OC(C)=O)[C@H]3C)C(OC(C)=O)[C@H]2C)C(OC(C)=O)[C@@H](C)[C@@H]1C. The molecule has 0 aromatic heterocycles. The average molecular weight is 917 g/mol. The van der Waals surface area contributed by atoms with E-state index in [0.717, 1.165) is 6.42 Å². The quantitative estimate of drug-likeness (QED) is 0.0591. The standard InChI is InChI=1S/C42H68Cl3NO14/c1-14-27-18(5)19(6)34(50-24(11)47)38(53-27)58-32-22(9)36(52-26(13)49)40(56-29(32)16-3)59-33-23(10)35(51-25(12)48)39(55-30(33)17-4)57-31-20(7)21(8)37(54-28(31)15-2)60-41(46)42(43,44)45/h18-23,27-40,46H,14-17H2,1-13H3/t18-,19-,20+,21?,22-,23-,27?,28?,29?,30?,31-,32-,33-,34?,35?,36?,37?,38-,39-,40-/m0/s1. The number of esters is 3. The van der Waals surface area contributed by atoms with Crippen molar-refractivity contribution in [3.8, 4) is 0 Å². The molecule has 4 rings (SSSR count). The zero-order valence-electron chi connectivity index (χ0n) is 37.2. The van der Waals surface area contributed by atoms with Crippen LogP contribution in [0.3, 0.4) is 0 Å².